The van der Waals surface area contributed by atoms with Crippen LogP contribution in [-0.2, 0) is 33.3 Å². The molecule has 16 heteroatoms. The molecular formula is C26H22BrF4N3O7S. The minimum absolute atomic E-state index is 0.0920. The highest BCUT2D eigenvalue weighted by molar-refractivity contribution is 9.10. The molecule has 0 N–H and O–H groups in total. The quantitative estimate of drug-likeness (QED) is 0.143. The summed E-state index contributed by atoms with van der Waals surface area (Å²) < 4.78 is 79.1. The van der Waals surface area contributed by atoms with Crippen LogP contribution in [-0.4, -0.2) is 63.3 Å². The molecule has 3 aromatic rings. The molecule has 10 nitrogen and oxygen atoms in total. The molecule has 2 aromatic carbocycles. The van der Waals surface area contributed by atoms with E-state index < -0.39 is 77.6 Å². The van der Waals surface area contributed by atoms with E-state index in [-0.39, 0.29) is 15.7 Å². The van der Waals surface area contributed by atoms with Gasteiger partial charge < -0.3 is 18.9 Å². The summed E-state index contributed by atoms with van der Waals surface area (Å²) in [4.78, 5) is 36.6. The number of rotatable bonds is 8. The van der Waals surface area contributed by atoms with Crippen LogP contribution in [0.15, 0.2) is 45.9 Å². The number of thioether (sulfide) groups is 1. The first kappa shape index (κ1) is 31.4. The van der Waals surface area contributed by atoms with Crippen LogP contribution in [0.5, 0.6) is 0 Å². The van der Waals surface area contributed by atoms with Gasteiger partial charge in [-0.05, 0) is 46.3 Å². The Morgan fingerprint density at radius 3 is 2.19 bits per heavy atom. The summed E-state index contributed by atoms with van der Waals surface area (Å²) in [6.45, 7) is 3.02. The molecule has 0 spiro atoms. The van der Waals surface area contributed by atoms with Crippen LogP contribution in [0.1, 0.15) is 26.8 Å². The lowest BCUT2D eigenvalue weighted by Crippen LogP contribution is -2.57. The minimum atomic E-state index is -1.67. The Labute approximate surface area is 248 Å². The predicted octanol–water partition coefficient (Wildman–Crippen LogP) is 4.75. The van der Waals surface area contributed by atoms with E-state index in [4.69, 9.17) is 18.9 Å². The van der Waals surface area contributed by atoms with Crippen molar-refractivity contribution in [2.75, 3.05) is 6.61 Å². The lowest BCUT2D eigenvalue weighted by atomic mass is 9.96. The maximum atomic E-state index is 13.9. The number of benzene rings is 2. The fraction of sp³-hybridized carbons (Fsp3) is 0.346. The smallest absolute Gasteiger partial charge is 0.303 e. The van der Waals surface area contributed by atoms with Gasteiger partial charge in [0, 0.05) is 31.2 Å². The average molecular weight is 676 g/mol. The van der Waals surface area contributed by atoms with Crippen molar-refractivity contribution >= 4 is 45.6 Å². The first-order valence-corrected chi connectivity index (χ1v) is 13.8. The number of hydrogen-bond donors (Lipinski definition) is 0. The SMILES string of the molecule is CC(=O)OCC1O[C@H](Sc2ccc(F)c(Br)c2)C(OC(C)=O)[C@@H](n2cc(-c3cc(F)c(F)c(F)c3)nn2)[C@H]1OC(C)=O. The van der Waals surface area contributed by atoms with Crippen LogP contribution >= 0.6 is 27.7 Å². The van der Waals surface area contributed by atoms with E-state index in [0.29, 0.717) is 4.90 Å². The molecule has 2 heterocycles. The van der Waals surface area contributed by atoms with Gasteiger partial charge in [0.15, 0.2) is 29.7 Å². The van der Waals surface area contributed by atoms with Crippen LogP contribution in [0.2, 0.25) is 0 Å². The number of carbonyl (C=O) groups excluding carboxylic acids is 3. The van der Waals surface area contributed by atoms with Crippen molar-refractivity contribution in [3.8, 4) is 11.3 Å². The lowest BCUT2D eigenvalue weighted by molar-refractivity contribution is -0.212. The van der Waals surface area contributed by atoms with Crippen LogP contribution < -0.4 is 0 Å². The van der Waals surface area contributed by atoms with Gasteiger partial charge in [0.1, 0.15) is 35.7 Å². The van der Waals surface area contributed by atoms with Crippen molar-refractivity contribution in [3.05, 3.63) is 64.3 Å². The second kappa shape index (κ2) is 13.2. The summed E-state index contributed by atoms with van der Waals surface area (Å²) in [6, 6.07) is 4.38. The van der Waals surface area contributed by atoms with Crippen LogP contribution in [0.4, 0.5) is 17.6 Å². The van der Waals surface area contributed by atoms with Crippen molar-refractivity contribution in [2.24, 2.45) is 0 Å². The molecule has 0 saturated carbocycles. The predicted molar refractivity (Wildman–Crippen MR) is 141 cm³/mol. The Bertz CT molecular complexity index is 1490. The molecule has 0 radical (unpaired) electrons. The largest absolute Gasteiger partial charge is 0.463 e. The Hall–Kier alpha value is -3.50. The van der Waals surface area contributed by atoms with Crippen LogP contribution in [0, 0.1) is 23.3 Å². The minimum Gasteiger partial charge on any atom is -0.463 e. The van der Waals surface area contributed by atoms with E-state index in [2.05, 4.69) is 26.2 Å². The second-order valence-electron chi connectivity index (χ2n) is 9.02. The van der Waals surface area contributed by atoms with E-state index in [1.165, 1.54) is 24.4 Å². The Morgan fingerprint density at radius 2 is 1.60 bits per heavy atom. The molecule has 42 heavy (non-hydrogen) atoms. The highest BCUT2D eigenvalue weighted by atomic mass is 79.9. The topological polar surface area (TPSA) is 119 Å². The molecule has 0 amide bonds. The summed E-state index contributed by atoms with van der Waals surface area (Å²) >= 11 is 4.14. The summed E-state index contributed by atoms with van der Waals surface area (Å²) in [5.41, 5.74) is -1.32. The maximum Gasteiger partial charge on any atom is 0.303 e. The van der Waals surface area contributed by atoms with E-state index in [1.807, 2.05) is 0 Å². The average Bonchev–Trinajstić information content (AvgIpc) is 3.39. The van der Waals surface area contributed by atoms with Crippen molar-refractivity contribution < 1.29 is 50.9 Å². The Morgan fingerprint density at radius 1 is 0.952 bits per heavy atom. The highest BCUT2D eigenvalue weighted by Crippen LogP contribution is 2.42. The van der Waals surface area contributed by atoms with Gasteiger partial charge in [0.05, 0.1) is 10.7 Å². The van der Waals surface area contributed by atoms with Gasteiger partial charge in [-0.3, -0.25) is 14.4 Å². The van der Waals surface area contributed by atoms with Crippen molar-refractivity contribution in [1.29, 1.82) is 0 Å². The molecule has 0 bridgehead atoms. The molecule has 224 valence electrons. The van der Waals surface area contributed by atoms with Gasteiger partial charge >= 0.3 is 17.9 Å². The molecule has 1 aromatic heterocycles. The number of nitrogens with zero attached hydrogens (tertiary/aromatic N) is 3. The molecule has 1 aliphatic rings. The third-order valence-corrected chi connectivity index (χ3v) is 7.66. The number of ether oxygens (including phenoxy) is 4. The third-order valence-electron chi connectivity index (χ3n) is 5.91. The first-order chi connectivity index (χ1) is 19.8. The van der Waals surface area contributed by atoms with E-state index in [1.54, 1.807) is 0 Å². The van der Waals surface area contributed by atoms with Crippen LogP contribution in [0.25, 0.3) is 11.3 Å². The van der Waals surface area contributed by atoms with E-state index >= 15 is 0 Å². The van der Waals surface area contributed by atoms with Crippen molar-refractivity contribution in [3.63, 3.8) is 0 Å². The zero-order chi connectivity index (χ0) is 30.7. The molecule has 1 saturated heterocycles. The number of halogens is 5. The van der Waals surface area contributed by atoms with E-state index in [0.717, 1.165) is 49.3 Å². The second-order valence-corrected chi connectivity index (χ2v) is 11.0. The normalized spacial score (nSPS) is 22.0. The van der Waals surface area contributed by atoms with Gasteiger partial charge in [-0.25, -0.2) is 22.2 Å². The molecule has 2 unspecified atom stereocenters. The Balaban J connectivity index is 1.82. The molecule has 1 aliphatic heterocycles. The Kier molecular flexibility index (Phi) is 9.89. The number of carbonyl (C=O) groups is 3. The molecule has 4 rings (SSSR count). The molecule has 5 atom stereocenters. The van der Waals surface area contributed by atoms with Crippen LogP contribution in [0.3, 0.4) is 0 Å². The van der Waals surface area contributed by atoms with Gasteiger partial charge in [-0.2, -0.15) is 0 Å². The fourth-order valence-electron chi connectivity index (χ4n) is 4.22. The zero-order valence-electron chi connectivity index (χ0n) is 22.1. The summed E-state index contributed by atoms with van der Waals surface area (Å²) in [7, 11) is 0. The first-order valence-electron chi connectivity index (χ1n) is 12.2. The van der Waals surface area contributed by atoms with E-state index in [9.17, 15) is 31.9 Å². The lowest BCUT2D eigenvalue weighted by Gasteiger charge is -2.44. The summed E-state index contributed by atoms with van der Waals surface area (Å²) in [5, 5.41) is 7.95. The highest BCUT2D eigenvalue weighted by Gasteiger charge is 2.52. The molecular weight excluding hydrogens is 654 g/mol. The summed E-state index contributed by atoms with van der Waals surface area (Å²) in [5.74, 6) is -7.27. The molecule has 0 aliphatic carbocycles. The summed E-state index contributed by atoms with van der Waals surface area (Å²) in [6.07, 6.45) is -2.46. The monoisotopic (exact) mass is 675 g/mol. The van der Waals surface area contributed by atoms with Crippen molar-refractivity contribution in [2.45, 2.75) is 55.5 Å². The van der Waals surface area contributed by atoms with Gasteiger partial charge in [0.2, 0.25) is 0 Å². The fourth-order valence-corrected chi connectivity index (χ4v) is 5.90. The zero-order valence-corrected chi connectivity index (χ0v) is 24.5. The number of esters is 3. The van der Waals surface area contributed by atoms with Gasteiger partial charge in [0.25, 0.3) is 0 Å². The standard InChI is InChI=1S/C26H22BrF4N3O7S/c1-11(35)38-10-21-24(39-12(2)36)23(34-9-20(32-33-34)14-6-18(29)22(31)19(30)7-14)25(40-13(3)37)26(41-21)42-15-4-5-17(28)16(27)8-15/h4-9,21,23-26H,10H2,1-3H3/t21?,23-,24-,25?,26+/m0/s1. The van der Waals surface area contributed by atoms with Gasteiger partial charge in [-0.15, -0.1) is 5.10 Å². The number of aromatic nitrogens is 3. The van der Waals surface area contributed by atoms with Crippen molar-refractivity contribution in [1.82, 2.24) is 15.0 Å². The third kappa shape index (κ3) is 7.28. The molecule has 1 fully saturated rings. The van der Waals surface area contributed by atoms with Gasteiger partial charge in [-0.1, -0.05) is 17.0 Å². The maximum absolute atomic E-state index is 13.9. The number of hydrogen-bond acceptors (Lipinski definition) is 10.